The molecule has 0 aromatic heterocycles. The van der Waals surface area contributed by atoms with E-state index in [-0.39, 0.29) is 11.6 Å². The summed E-state index contributed by atoms with van der Waals surface area (Å²) >= 11 is 0. The Bertz CT molecular complexity index is 554. The molecule has 0 bridgehead atoms. The van der Waals surface area contributed by atoms with Crippen molar-refractivity contribution in [3.63, 3.8) is 0 Å². The van der Waals surface area contributed by atoms with Crippen molar-refractivity contribution in [3.05, 3.63) is 44.0 Å². The molecular weight excluding hydrogens is 290 g/mol. The second-order valence-electron chi connectivity index (χ2n) is 5.60. The third kappa shape index (κ3) is 5.12. The average molecular weight is 309 g/mol. The molecule has 0 aliphatic rings. The molecule has 22 heavy (non-hydrogen) atoms. The first-order valence-electron chi connectivity index (χ1n) is 6.95. The van der Waals surface area contributed by atoms with E-state index < -0.39 is 27.1 Å². The van der Waals surface area contributed by atoms with Gasteiger partial charge in [0.25, 0.3) is 17.3 Å². The summed E-state index contributed by atoms with van der Waals surface area (Å²) in [5, 5.41) is 24.3. The van der Waals surface area contributed by atoms with Gasteiger partial charge in [0, 0.05) is 18.2 Å². The van der Waals surface area contributed by atoms with Crippen LogP contribution in [0.2, 0.25) is 0 Å². The van der Waals surface area contributed by atoms with Crippen LogP contribution < -0.4 is 5.32 Å². The van der Waals surface area contributed by atoms with Gasteiger partial charge in [0.15, 0.2) is 0 Å². The SMILES string of the molecule is CC(C)CCC(C)NC(=O)c1cc([N+](=O)[O-])cc([N+](=O)[O-])c1. The van der Waals surface area contributed by atoms with Gasteiger partial charge in [0.05, 0.1) is 21.5 Å². The molecule has 1 atom stereocenters. The first kappa shape index (κ1) is 17.5. The Balaban J connectivity index is 2.92. The van der Waals surface area contributed by atoms with E-state index in [1.807, 2.05) is 6.92 Å². The van der Waals surface area contributed by atoms with Gasteiger partial charge < -0.3 is 5.32 Å². The van der Waals surface area contributed by atoms with Crippen LogP contribution in [0.5, 0.6) is 0 Å². The molecule has 0 saturated heterocycles. The van der Waals surface area contributed by atoms with Crippen molar-refractivity contribution < 1.29 is 14.6 Å². The number of non-ortho nitro benzene ring substituents is 2. The van der Waals surface area contributed by atoms with Gasteiger partial charge >= 0.3 is 0 Å². The molecule has 0 fully saturated rings. The molecule has 1 aromatic carbocycles. The number of rotatable bonds is 7. The number of amides is 1. The number of hydrogen-bond acceptors (Lipinski definition) is 5. The second-order valence-corrected chi connectivity index (χ2v) is 5.60. The fraction of sp³-hybridized carbons (Fsp3) is 0.500. The van der Waals surface area contributed by atoms with Crippen LogP contribution in [0.1, 0.15) is 44.0 Å². The Morgan fingerprint density at radius 2 is 1.55 bits per heavy atom. The van der Waals surface area contributed by atoms with Gasteiger partial charge in [0.1, 0.15) is 0 Å². The number of nitro benzene ring substituents is 2. The molecule has 120 valence electrons. The average Bonchev–Trinajstić information content (AvgIpc) is 2.44. The van der Waals surface area contributed by atoms with Gasteiger partial charge in [-0.05, 0) is 25.7 Å². The minimum absolute atomic E-state index is 0.0858. The predicted molar refractivity (Wildman–Crippen MR) is 80.8 cm³/mol. The molecular formula is C14H19N3O5. The van der Waals surface area contributed by atoms with E-state index in [9.17, 15) is 25.0 Å². The van der Waals surface area contributed by atoms with E-state index in [1.165, 1.54) is 0 Å². The summed E-state index contributed by atoms with van der Waals surface area (Å²) < 4.78 is 0. The molecule has 1 N–H and O–H groups in total. The van der Waals surface area contributed by atoms with Crippen molar-refractivity contribution in [1.82, 2.24) is 5.32 Å². The van der Waals surface area contributed by atoms with E-state index in [2.05, 4.69) is 19.2 Å². The molecule has 0 saturated carbocycles. The minimum Gasteiger partial charge on any atom is -0.350 e. The van der Waals surface area contributed by atoms with Crippen LogP contribution in [-0.2, 0) is 0 Å². The van der Waals surface area contributed by atoms with Crippen LogP contribution in [0.3, 0.4) is 0 Å². The van der Waals surface area contributed by atoms with Crippen molar-refractivity contribution in [1.29, 1.82) is 0 Å². The van der Waals surface area contributed by atoms with Crippen LogP contribution in [0, 0.1) is 26.1 Å². The van der Waals surface area contributed by atoms with Crippen LogP contribution in [-0.4, -0.2) is 21.8 Å². The summed E-state index contributed by atoms with van der Waals surface area (Å²) in [5.74, 6) is -0.0543. The van der Waals surface area contributed by atoms with Gasteiger partial charge in [0.2, 0.25) is 0 Å². The summed E-state index contributed by atoms with van der Waals surface area (Å²) in [6.45, 7) is 5.96. The zero-order valence-electron chi connectivity index (χ0n) is 12.7. The van der Waals surface area contributed by atoms with Gasteiger partial charge in [-0.25, -0.2) is 0 Å². The zero-order chi connectivity index (χ0) is 16.9. The van der Waals surface area contributed by atoms with E-state index in [0.29, 0.717) is 5.92 Å². The van der Waals surface area contributed by atoms with Crippen molar-refractivity contribution >= 4 is 17.3 Å². The number of nitro groups is 2. The molecule has 0 aliphatic heterocycles. The molecule has 1 rings (SSSR count). The minimum atomic E-state index is -0.758. The smallest absolute Gasteiger partial charge is 0.277 e. The van der Waals surface area contributed by atoms with E-state index >= 15 is 0 Å². The van der Waals surface area contributed by atoms with Crippen LogP contribution in [0.15, 0.2) is 18.2 Å². The predicted octanol–water partition coefficient (Wildman–Crippen LogP) is 3.06. The Hall–Kier alpha value is -2.51. The lowest BCUT2D eigenvalue weighted by atomic mass is 10.0. The second kappa shape index (κ2) is 7.48. The quantitative estimate of drug-likeness (QED) is 0.613. The maximum atomic E-state index is 12.1. The normalized spacial score (nSPS) is 12.0. The highest BCUT2D eigenvalue weighted by Crippen LogP contribution is 2.22. The molecule has 1 unspecified atom stereocenters. The first-order valence-corrected chi connectivity index (χ1v) is 6.95. The van der Waals surface area contributed by atoms with Crippen LogP contribution in [0.25, 0.3) is 0 Å². The van der Waals surface area contributed by atoms with Gasteiger partial charge in [-0.2, -0.15) is 0 Å². The summed E-state index contributed by atoms with van der Waals surface area (Å²) in [4.78, 5) is 32.2. The highest BCUT2D eigenvalue weighted by molar-refractivity contribution is 5.95. The summed E-state index contributed by atoms with van der Waals surface area (Å²) in [6.07, 6.45) is 1.69. The Morgan fingerprint density at radius 3 is 1.95 bits per heavy atom. The number of hydrogen-bond donors (Lipinski definition) is 1. The Kier molecular flexibility index (Phi) is 5.97. The van der Waals surface area contributed by atoms with Gasteiger partial charge in [-0.3, -0.25) is 25.0 Å². The molecule has 0 aliphatic carbocycles. The number of carbonyl (C=O) groups is 1. The van der Waals surface area contributed by atoms with E-state index in [1.54, 1.807) is 0 Å². The largest absolute Gasteiger partial charge is 0.350 e. The number of nitrogens with zero attached hydrogens (tertiary/aromatic N) is 2. The molecule has 0 spiro atoms. The fourth-order valence-electron chi connectivity index (χ4n) is 1.90. The fourth-order valence-corrected chi connectivity index (χ4v) is 1.90. The Labute approximate surface area is 127 Å². The third-order valence-electron chi connectivity index (χ3n) is 3.14. The summed E-state index contributed by atoms with van der Waals surface area (Å²) in [6, 6.07) is 2.79. The molecule has 0 heterocycles. The standard InChI is InChI=1S/C14H19N3O5/c1-9(2)4-5-10(3)15-14(18)11-6-12(16(19)20)8-13(7-11)17(21)22/h6-10H,4-5H2,1-3H3,(H,15,18). The Morgan fingerprint density at radius 1 is 1.05 bits per heavy atom. The van der Waals surface area contributed by atoms with E-state index in [0.717, 1.165) is 31.0 Å². The van der Waals surface area contributed by atoms with Crippen molar-refractivity contribution in [2.24, 2.45) is 5.92 Å². The summed E-state index contributed by atoms with van der Waals surface area (Å²) in [7, 11) is 0. The molecule has 0 radical (unpaired) electrons. The lowest BCUT2D eigenvalue weighted by Gasteiger charge is -2.15. The van der Waals surface area contributed by atoms with Crippen molar-refractivity contribution in [2.75, 3.05) is 0 Å². The topological polar surface area (TPSA) is 115 Å². The molecule has 1 aromatic rings. The third-order valence-corrected chi connectivity index (χ3v) is 3.14. The maximum absolute atomic E-state index is 12.1. The monoisotopic (exact) mass is 309 g/mol. The van der Waals surface area contributed by atoms with Gasteiger partial charge in [-0.1, -0.05) is 13.8 Å². The lowest BCUT2D eigenvalue weighted by molar-refractivity contribution is -0.394. The first-order chi connectivity index (χ1) is 10.2. The lowest BCUT2D eigenvalue weighted by Crippen LogP contribution is -2.32. The molecule has 8 nitrogen and oxygen atoms in total. The summed E-state index contributed by atoms with van der Waals surface area (Å²) in [5.41, 5.74) is -1.04. The maximum Gasteiger partial charge on any atom is 0.277 e. The van der Waals surface area contributed by atoms with Crippen LogP contribution >= 0.6 is 0 Å². The zero-order valence-corrected chi connectivity index (χ0v) is 12.7. The number of nitrogens with one attached hydrogen (secondary N) is 1. The van der Waals surface area contributed by atoms with E-state index in [4.69, 9.17) is 0 Å². The highest BCUT2D eigenvalue weighted by atomic mass is 16.6. The molecule has 1 amide bonds. The number of benzene rings is 1. The van der Waals surface area contributed by atoms with Crippen molar-refractivity contribution in [2.45, 2.75) is 39.7 Å². The molecule has 8 heteroatoms. The highest BCUT2D eigenvalue weighted by Gasteiger charge is 2.20. The van der Waals surface area contributed by atoms with Crippen LogP contribution in [0.4, 0.5) is 11.4 Å². The number of carbonyl (C=O) groups excluding carboxylic acids is 1. The van der Waals surface area contributed by atoms with Gasteiger partial charge in [-0.15, -0.1) is 0 Å². The van der Waals surface area contributed by atoms with Crippen molar-refractivity contribution in [3.8, 4) is 0 Å².